The smallest absolute Gasteiger partial charge is 0.340 e. The molecule has 0 aliphatic carbocycles. The summed E-state index contributed by atoms with van der Waals surface area (Å²) >= 11 is 0. The summed E-state index contributed by atoms with van der Waals surface area (Å²) in [5.41, 5.74) is -3.30. The van der Waals surface area contributed by atoms with Gasteiger partial charge in [0.15, 0.2) is 0 Å². The Labute approximate surface area is 153 Å². The number of nitro benzene ring substituents is 2. The first-order valence-corrected chi connectivity index (χ1v) is 7.61. The van der Waals surface area contributed by atoms with Crippen molar-refractivity contribution < 1.29 is 19.9 Å². The molecule has 148 valence electrons. The number of benzene rings is 1. The number of aliphatic hydroxyl groups is 1. The summed E-state index contributed by atoms with van der Waals surface area (Å²) in [5, 5.41) is 47.6. The van der Waals surface area contributed by atoms with E-state index in [1.54, 1.807) is 6.92 Å². The number of nitrogens with zero attached hydrogens (tertiary/aromatic N) is 5. The molecule has 1 rings (SSSR count). The average Bonchev–Trinajstić information content (AvgIpc) is 2.54. The standard InChI is InChI=1S/C14H20N6O7/c1-6-15-11-8(18(22)23)7-9(19(24)25)12(16(2)3)10(11)13(20(26)27)14(21)17(4)5/h7,15,21H,6H2,1-5H3/b14-13+. The van der Waals surface area contributed by atoms with E-state index >= 15 is 0 Å². The van der Waals surface area contributed by atoms with Crippen molar-refractivity contribution in [1.82, 2.24) is 4.90 Å². The third-order valence-corrected chi connectivity index (χ3v) is 3.51. The first kappa shape index (κ1) is 21.4. The van der Waals surface area contributed by atoms with Crippen LogP contribution in [0.3, 0.4) is 0 Å². The number of rotatable bonds is 8. The van der Waals surface area contributed by atoms with E-state index in [0.29, 0.717) is 0 Å². The molecule has 0 aliphatic rings. The normalized spacial score (nSPS) is 11.4. The fourth-order valence-corrected chi connectivity index (χ4v) is 2.46. The summed E-state index contributed by atoms with van der Waals surface area (Å²) in [6.07, 6.45) is 0. The van der Waals surface area contributed by atoms with Crippen molar-refractivity contribution in [3.8, 4) is 0 Å². The van der Waals surface area contributed by atoms with Crippen molar-refractivity contribution >= 4 is 28.4 Å². The Morgan fingerprint density at radius 1 is 1.07 bits per heavy atom. The number of hydrogen-bond donors (Lipinski definition) is 2. The van der Waals surface area contributed by atoms with Crippen molar-refractivity contribution in [3.63, 3.8) is 0 Å². The molecule has 1 aromatic rings. The van der Waals surface area contributed by atoms with Crippen LogP contribution in [-0.2, 0) is 0 Å². The van der Waals surface area contributed by atoms with Gasteiger partial charge in [0.1, 0.15) is 16.9 Å². The van der Waals surface area contributed by atoms with Gasteiger partial charge in [0.05, 0.1) is 20.8 Å². The highest BCUT2D eigenvalue weighted by Gasteiger charge is 2.39. The Hall–Kier alpha value is -3.64. The zero-order valence-electron chi connectivity index (χ0n) is 15.4. The van der Waals surface area contributed by atoms with Crippen LogP contribution in [0.4, 0.5) is 22.7 Å². The van der Waals surface area contributed by atoms with Gasteiger partial charge in [-0.3, -0.25) is 30.3 Å². The Balaban J connectivity index is 4.31. The van der Waals surface area contributed by atoms with E-state index in [4.69, 9.17) is 0 Å². The predicted octanol–water partition coefficient (Wildman–Crippen LogP) is 2.02. The van der Waals surface area contributed by atoms with Gasteiger partial charge in [-0.1, -0.05) is 0 Å². The molecule has 0 unspecified atom stereocenters. The van der Waals surface area contributed by atoms with Crippen LogP contribution < -0.4 is 10.2 Å². The van der Waals surface area contributed by atoms with Gasteiger partial charge in [-0.25, -0.2) is 0 Å². The minimum absolute atomic E-state index is 0.145. The van der Waals surface area contributed by atoms with Gasteiger partial charge in [-0.15, -0.1) is 0 Å². The topological polar surface area (TPSA) is 168 Å². The molecule has 0 saturated carbocycles. The molecule has 0 saturated heterocycles. The summed E-state index contributed by atoms with van der Waals surface area (Å²) in [6.45, 7) is 1.75. The molecule has 27 heavy (non-hydrogen) atoms. The lowest BCUT2D eigenvalue weighted by Crippen LogP contribution is -2.21. The molecule has 13 nitrogen and oxygen atoms in total. The first-order chi connectivity index (χ1) is 12.4. The molecule has 0 bridgehead atoms. The quantitative estimate of drug-likeness (QED) is 0.384. The van der Waals surface area contributed by atoms with E-state index in [1.165, 1.54) is 33.1 Å². The van der Waals surface area contributed by atoms with Gasteiger partial charge in [-0.05, 0) is 6.92 Å². The second-order valence-electron chi connectivity index (χ2n) is 5.78. The van der Waals surface area contributed by atoms with Gasteiger partial charge in [0.25, 0.3) is 17.3 Å². The number of anilines is 2. The summed E-state index contributed by atoms with van der Waals surface area (Å²) in [7, 11) is 5.45. The largest absolute Gasteiger partial charge is 0.490 e. The van der Waals surface area contributed by atoms with Crippen LogP contribution in [-0.4, -0.2) is 59.5 Å². The molecule has 0 spiro atoms. The van der Waals surface area contributed by atoms with Crippen LogP contribution >= 0.6 is 0 Å². The van der Waals surface area contributed by atoms with Gasteiger partial charge in [-0.2, -0.15) is 0 Å². The van der Waals surface area contributed by atoms with Crippen molar-refractivity contribution in [2.24, 2.45) is 0 Å². The van der Waals surface area contributed by atoms with Gasteiger partial charge >= 0.3 is 5.70 Å². The van der Waals surface area contributed by atoms with Crippen LogP contribution in [0.15, 0.2) is 11.9 Å². The Bertz CT molecular complexity index is 819. The number of nitro groups is 3. The van der Waals surface area contributed by atoms with Crippen LogP contribution in [0, 0.1) is 30.3 Å². The van der Waals surface area contributed by atoms with E-state index in [9.17, 15) is 35.4 Å². The van der Waals surface area contributed by atoms with Crippen LogP contribution in [0.1, 0.15) is 12.5 Å². The lowest BCUT2D eigenvalue weighted by atomic mass is 10.0. The number of hydrogen-bond acceptors (Lipinski definition) is 10. The van der Waals surface area contributed by atoms with Crippen molar-refractivity contribution in [2.75, 3.05) is 45.0 Å². The van der Waals surface area contributed by atoms with Crippen molar-refractivity contribution in [3.05, 3.63) is 47.9 Å². The first-order valence-electron chi connectivity index (χ1n) is 7.61. The Kier molecular flexibility index (Phi) is 6.47. The molecular formula is C14H20N6O7. The van der Waals surface area contributed by atoms with Crippen molar-refractivity contribution in [2.45, 2.75) is 6.92 Å². The third kappa shape index (κ3) is 4.13. The zero-order valence-corrected chi connectivity index (χ0v) is 15.4. The van der Waals surface area contributed by atoms with E-state index in [2.05, 4.69) is 5.32 Å². The Morgan fingerprint density at radius 3 is 1.93 bits per heavy atom. The van der Waals surface area contributed by atoms with Crippen molar-refractivity contribution in [1.29, 1.82) is 0 Å². The summed E-state index contributed by atoms with van der Waals surface area (Å²) in [6, 6.07) is 0.737. The fraction of sp³-hybridized carbons (Fsp3) is 0.429. The minimum Gasteiger partial charge on any atom is -0.490 e. The summed E-state index contributed by atoms with van der Waals surface area (Å²) in [4.78, 5) is 34.2. The molecule has 13 heteroatoms. The maximum Gasteiger partial charge on any atom is 0.340 e. The molecule has 0 atom stereocenters. The molecule has 0 aromatic heterocycles. The van der Waals surface area contributed by atoms with E-state index in [-0.39, 0.29) is 17.9 Å². The zero-order chi connectivity index (χ0) is 21.0. The second kappa shape index (κ2) is 8.16. The molecule has 0 aliphatic heterocycles. The predicted molar refractivity (Wildman–Crippen MR) is 98.5 cm³/mol. The van der Waals surface area contributed by atoms with Crippen LogP contribution in [0.25, 0.3) is 5.70 Å². The number of nitrogens with one attached hydrogen (secondary N) is 1. The number of aliphatic hydroxyl groups excluding tert-OH is 1. The molecule has 0 radical (unpaired) electrons. The highest BCUT2D eigenvalue weighted by Crippen LogP contribution is 2.46. The molecule has 1 aromatic carbocycles. The third-order valence-electron chi connectivity index (χ3n) is 3.51. The van der Waals surface area contributed by atoms with Gasteiger partial charge < -0.3 is 20.2 Å². The van der Waals surface area contributed by atoms with Gasteiger partial charge in [0, 0.05) is 34.7 Å². The second-order valence-corrected chi connectivity index (χ2v) is 5.78. The summed E-state index contributed by atoms with van der Waals surface area (Å²) in [5.74, 6) is -0.808. The SMILES string of the molecule is CCNc1c([N+](=O)[O-])cc([N+](=O)[O-])c(N(C)C)c1/C(=C(\O)N(C)C)[N+](=O)[O-]. The molecular weight excluding hydrogens is 364 g/mol. The van der Waals surface area contributed by atoms with E-state index in [0.717, 1.165) is 11.0 Å². The van der Waals surface area contributed by atoms with Crippen LogP contribution in [0.2, 0.25) is 0 Å². The fourth-order valence-electron chi connectivity index (χ4n) is 2.46. The summed E-state index contributed by atoms with van der Waals surface area (Å²) < 4.78 is 0. The van der Waals surface area contributed by atoms with Gasteiger partial charge in [0.2, 0.25) is 0 Å². The monoisotopic (exact) mass is 384 g/mol. The maximum absolute atomic E-state index is 11.7. The maximum atomic E-state index is 11.7. The average molecular weight is 384 g/mol. The Morgan fingerprint density at radius 2 is 1.59 bits per heavy atom. The molecule has 0 heterocycles. The minimum atomic E-state index is -0.939. The van der Waals surface area contributed by atoms with E-state index in [1.807, 2.05) is 0 Å². The molecule has 0 fully saturated rings. The van der Waals surface area contributed by atoms with E-state index < -0.39 is 43.3 Å². The van der Waals surface area contributed by atoms with Crippen LogP contribution in [0.5, 0.6) is 0 Å². The molecule has 2 N–H and O–H groups in total. The lowest BCUT2D eigenvalue weighted by Gasteiger charge is -2.21. The lowest BCUT2D eigenvalue weighted by molar-refractivity contribution is -0.393. The highest BCUT2D eigenvalue weighted by molar-refractivity contribution is 5.93. The molecule has 0 amide bonds. The highest BCUT2D eigenvalue weighted by atomic mass is 16.6.